The number of nitrogens with two attached hydrogens (primary N) is 1. The molecule has 0 bridgehead atoms. The summed E-state index contributed by atoms with van der Waals surface area (Å²) in [5.41, 5.74) is 1.95. The second-order valence-corrected chi connectivity index (χ2v) is 4.80. The Bertz CT molecular complexity index is 664. The van der Waals surface area contributed by atoms with Gasteiger partial charge >= 0.3 is 0 Å². The van der Waals surface area contributed by atoms with Crippen LogP contribution in [0.3, 0.4) is 0 Å². The van der Waals surface area contributed by atoms with Crippen LogP contribution in [0.1, 0.15) is 10.5 Å². The molecule has 1 heterocycles. The van der Waals surface area contributed by atoms with Crippen molar-refractivity contribution in [3.63, 3.8) is 0 Å². The zero-order valence-corrected chi connectivity index (χ0v) is 12.1. The molecule has 0 fully saturated rings. The Hall–Kier alpha value is -2.07. The average molecular weight is 362 g/mol. The first-order valence-electron chi connectivity index (χ1n) is 5.69. The number of nitrogens with one attached hydrogen (secondary N) is 1. The van der Waals surface area contributed by atoms with Gasteiger partial charge in [0.1, 0.15) is 6.61 Å². The first-order valence-corrected chi connectivity index (χ1v) is 6.49. The van der Waals surface area contributed by atoms with Gasteiger partial charge in [0.25, 0.3) is 5.91 Å². The Morgan fingerprint density at radius 1 is 1.48 bits per heavy atom. The maximum Gasteiger partial charge on any atom is 0.287 e. The van der Waals surface area contributed by atoms with Crippen molar-refractivity contribution in [3.05, 3.63) is 40.1 Å². The molecule has 7 nitrogen and oxygen atoms in total. The predicted molar refractivity (Wildman–Crippen MR) is 71.2 cm³/mol. The van der Waals surface area contributed by atoms with E-state index in [0.29, 0.717) is 4.47 Å². The van der Waals surface area contributed by atoms with Gasteiger partial charge in [-0.2, -0.15) is 4.39 Å². The third-order valence-electron chi connectivity index (χ3n) is 2.44. The minimum atomic E-state index is -1.07. The molecule has 112 valence electrons. The van der Waals surface area contributed by atoms with E-state index in [0.717, 1.165) is 6.07 Å². The number of aromatic nitrogens is 3. The Kier molecular flexibility index (Phi) is 4.81. The number of hydrogen-bond donors (Lipinski definition) is 2. The smallest absolute Gasteiger partial charge is 0.287 e. The first-order chi connectivity index (χ1) is 10.0. The molecule has 10 heteroatoms. The van der Waals surface area contributed by atoms with E-state index in [2.05, 4.69) is 26.2 Å². The molecule has 0 spiro atoms. The van der Waals surface area contributed by atoms with Gasteiger partial charge in [-0.1, -0.05) is 21.1 Å². The number of nitrogens with zero attached hydrogens (tertiary/aromatic N) is 3. The Labute approximate surface area is 126 Å². The highest BCUT2D eigenvalue weighted by Gasteiger charge is 2.12. The van der Waals surface area contributed by atoms with Crippen LogP contribution in [0.5, 0.6) is 5.75 Å². The molecule has 2 rings (SSSR count). The van der Waals surface area contributed by atoms with Crippen molar-refractivity contribution >= 4 is 21.8 Å². The highest BCUT2D eigenvalue weighted by Crippen LogP contribution is 2.25. The van der Waals surface area contributed by atoms with Crippen LogP contribution in [-0.2, 0) is 6.54 Å². The molecule has 2 aromatic rings. The van der Waals surface area contributed by atoms with Crippen LogP contribution < -0.4 is 16.0 Å². The van der Waals surface area contributed by atoms with Crippen molar-refractivity contribution in [1.29, 1.82) is 0 Å². The van der Waals surface area contributed by atoms with Crippen LogP contribution in [-0.4, -0.2) is 27.5 Å². The number of rotatable bonds is 5. The van der Waals surface area contributed by atoms with E-state index in [-0.39, 0.29) is 24.6 Å². The van der Waals surface area contributed by atoms with Crippen molar-refractivity contribution in [2.24, 2.45) is 5.84 Å². The molecule has 0 saturated heterocycles. The topological polar surface area (TPSA) is 95.1 Å². The van der Waals surface area contributed by atoms with Gasteiger partial charge in [0, 0.05) is 4.47 Å². The van der Waals surface area contributed by atoms with Crippen LogP contribution in [0.15, 0.2) is 22.8 Å². The fourth-order valence-corrected chi connectivity index (χ4v) is 1.88. The maximum absolute atomic E-state index is 13.4. The van der Waals surface area contributed by atoms with Gasteiger partial charge in [0.15, 0.2) is 17.3 Å². The Morgan fingerprint density at radius 2 is 2.24 bits per heavy atom. The number of ether oxygens (including phenoxy) is 1. The third kappa shape index (κ3) is 3.73. The zero-order valence-electron chi connectivity index (χ0n) is 10.5. The average Bonchev–Trinajstić information content (AvgIpc) is 2.92. The standard InChI is InChI=1S/C11H10BrF2N5O2/c12-6-3-7(13)10(14)9(4-6)21-2-1-19-5-8(17-18-19)11(20)16-15/h3-5H,1-2,15H2,(H,16,20). The lowest BCUT2D eigenvalue weighted by Gasteiger charge is -2.08. The molecular weight excluding hydrogens is 352 g/mol. The van der Waals surface area contributed by atoms with Crippen molar-refractivity contribution in [1.82, 2.24) is 20.4 Å². The summed E-state index contributed by atoms with van der Waals surface area (Å²) in [4.78, 5) is 11.2. The predicted octanol–water partition coefficient (Wildman–Crippen LogP) is 1.00. The molecule has 0 aliphatic heterocycles. The van der Waals surface area contributed by atoms with E-state index in [9.17, 15) is 13.6 Å². The SMILES string of the molecule is NNC(=O)c1cn(CCOc2cc(Br)cc(F)c2F)nn1. The third-order valence-corrected chi connectivity index (χ3v) is 2.90. The van der Waals surface area contributed by atoms with Crippen LogP contribution in [0.25, 0.3) is 0 Å². The maximum atomic E-state index is 13.4. The highest BCUT2D eigenvalue weighted by atomic mass is 79.9. The number of nitrogen functional groups attached to an aromatic ring is 1. The molecule has 0 atom stereocenters. The molecule has 1 aromatic carbocycles. The minimum absolute atomic E-state index is 0.0137. The van der Waals surface area contributed by atoms with Gasteiger partial charge in [-0.05, 0) is 12.1 Å². The van der Waals surface area contributed by atoms with E-state index in [1.165, 1.54) is 16.9 Å². The van der Waals surface area contributed by atoms with Crippen molar-refractivity contribution < 1.29 is 18.3 Å². The summed E-state index contributed by atoms with van der Waals surface area (Å²) in [6, 6.07) is 2.31. The van der Waals surface area contributed by atoms with Crippen molar-refractivity contribution in [2.75, 3.05) is 6.61 Å². The molecule has 0 aliphatic rings. The Morgan fingerprint density at radius 3 is 2.95 bits per heavy atom. The zero-order chi connectivity index (χ0) is 15.4. The molecule has 3 N–H and O–H groups in total. The van der Waals surface area contributed by atoms with E-state index in [1.807, 2.05) is 5.43 Å². The number of hydrogen-bond acceptors (Lipinski definition) is 5. The number of benzene rings is 1. The number of carbonyl (C=O) groups excluding carboxylic acids is 1. The summed E-state index contributed by atoms with van der Waals surface area (Å²) in [5.74, 6) is 2.07. The van der Waals surface area contributed by atoms with Crippen LogP contribution in [0.2, 0.25) is 0 Å². The second kappa shape index (κ2) is 6.59. The fourth-order valence-electron chi connectivity index (χ4n) is 1.47. The van der Waals surface area contributed by atoms with Gasteiger partial charge < -0.3 is 4.74 Å². The lowest BCUT2D eigenvalue weighted by Crippen LogP contribution is -2.30. The normalized spacial score (nSPS) is 10.5. The lowest BCUT2D eigenvalue weighted by molar-refractivity contribution is 0.0948. The van der Waals surface area contributed by atoms with Crippen molar-refractivity contribution in [3.8, 4) is 5.75 Å². The summed E-state index contributed by atoms with van der Waals surface area (Å²) in [7, 11) is 0. The monoisotopic (exact) mass is 361 g/mol. The summed E-state index contributed by atoms with van der Waals surface area (Å²) in [6.07, 6.45) is 1.35. The van der Waals surface area contributed by atoms with E-state index < -0.39 is 17.5 Å². The number of hydrazine groups is 1. The second-order valence-electron chi connectivity index (χ2n) is 3.89. The summed E-state index contributed by atoms with van der Waals surface area (Å²) in [5, 5.41) is 7.25. The molecule has 21 heavy (non-hydrogen) atoms. The number of amides is 1. The molecule has 1 aromatic heterocycles. The van der Waals surface area contributed by atoms with Crippen LogP contribution in [0.4, 0.5) is 8.78 Å². The summed E-state index contributed by atoms with van der Waals surface area (Å²) < 4.78 is 33.4. The van der Waals surface area contributed by atoms with E-state index in [1.54, 1.807) is 0 Å². The first kappa shape index (κ1) is 15.3. The number of halogens is 3. The van der Waals surface area contributed by atoms with E-state index in [4.69, 9.17) is 10.6 Å². The molecule has 1 amide bonds. The highest BCUT2D eigenvalue weighted by molar-refractivity contribution is 9.10. The molecular formula is C11H10BrF2N5O2. The van der Waals surface area contributed by atoms with E-state index >= 15 is 0 Å². The van der Waals surface area contributed by atoms with Gasteiger partial charge in [-0.3, -0.25) is 10.2 Å². The lowest BCUT2D eigenvalue weighted by atomic mass is 10.3. The van der Waals surface area contributed by atoms with Crippen molar-refractivity contribution in [2.45, 2.75) is 6.54 Å². The fraction of sp³-hybridized carbons (Fsp3) is 0.182. The molecule has 0 unspecified atom stereocenters. The largest absolute Gasteiger partial charge is 0.488 e. The van der Waals surface area contributed by atoms with Crippen LogP contribution >= 0.6 is 15.9 Å². The van der Waals surface area contributed by atoms with Crippen LogP contribution in [0, 0.1) is 11.6 Å². The quantitative estimate of drug-likeness (QED) is 0.358. The number of carbonyl (C=O) groups is 1. The van der Waals surface area contributed by atoms with Gasteiger partial charge in [0.2, 0.25) is 5.82 Å². The van der Waals surface area contributed by atoms with Gasteiger partial charge in [-0.15, -0.1) is 5.10 Å². The molecule has 0 aliphatic carbocycles. The Balaban J connectivity index is 1.96. The summed E-state index contributed by atoms with van der Waals surface area (Å²) in [6.45, 7) is 0.207. The molecule has 0 radical (unpaired) electrons. The molecule has 0 saturated carbocycles. The minimum Gasteiger partial charge on any atom is -0.488 e. The summed E-state index contributed by atoms with van der Waals surface area (Å²) >= 11 is 3.04. The van der Waals surface area contributed by atoms with Gasteiger partial charge in [0.05, 0.1) is 12.7 Å². The van der Waals surface area contributed by atoms with Gasteiger partial charge in [-0.25, -0.2) is 14.9 Å².